The van der Waals surface area contributed by atoms with Crippen LogP contribution in [-0.4, -0.2) is 9.55 Å². The predicted octanol–water partition coefficient (Wildman–Crippen LogP) is 16.9. The van der Waals surface area contributed by atoms with Gasteiger partial charge in [-0.2, -0.15) is 12.1 Å². The summed E-state index contributed by atoms with van der Waals surface area (Å²) >= 11 is 0. The number of pyridine rings is 1. The van der Waals surface area contributed by atoms with Crippen molar-refractivity contribution in [2.45, 2.75) is 97.8 Å². The van der Waals surface area contributed by atoms with Crippen molar-refractivity contribution in [3.8, 4) is 5.82 Å². The van der Waals surface area contributed by atoms with Crippen molar-refractivity contribution in [2.24, 2.45) is 0 Å². The molecule has 0 saturated carbocycles. The molecule has 0 radical (unpaired) electrons. The van der Waals surface area contributed by atoms with Crippen LogP contribution in [0.5, 0.6) is 0 Å². The van der Waals surface area contributed by atoms with Gasteiger partial charge in [0.05, 0.1) is 0 Å². The fraction of sp³-hybridized carbons (Fsp3) is 0.238. The summed E-state index contributed by atoms with van der Waals surface area (Å²) in [6.45, 7) is 27.4. The van der Waals surface area contributed by atoms with E-state index in [4.69, 9.17) is 4.98 Å². The number of benzene rings is 7. The molecule has 0 spiro atoms. The molecule has 6 heteroatoms. The molecule has 2 aromatic heterocycles. The Balaban J connectivity index is 0.00000593. The first-order valence-electron chi connectivity index (χ1n) is 24.0. The van der Waals surface area contributed by atoms with Gasteiger partial charge in [0, 0.05) is 60.9 Å². The molecular formula is C63H62N5Pt-3. The second-order valence-corrected chi connectivity index (χ2v) is 22.0. The Morgan fingerprint density at radius 2 is 1.09 bits per heavy atom. The quantitative estimate of drug-likeness (QED) is 0.142. The SMILES string of the molecule is CC(C)(C)c1cc(N2[CH-]N(c3[c-]c(N(c4[c-]c5c(cc4)c4cc(C(C)(C)C)ccc4n5-c4cc(C(C)(C)c5ccccc5)ccn4)c4ccccc4)ccc3)c3ccccc32)cc(C(C)(C)C)c1.[Pt]. The first-order chi connectivity index (χ1) is 32.4. The van der Waals surface area contributed by atoms with Crippen molar-refractivity contribution < 1.29 is 21.1 Å². The van der Waals surface area contributed by atoms with Crippen LogP contribution in [0.1, 0.15) is 104 Å². The summed E-state index contributed by atoms with van der Waals surface area (Å²) in [5.74, 6) is 0.860. The summed E-state index contributed by atoms with van der Waals surface area (Å²) in [5.41, 5.74) is 15.3. The van der Waals surface area contributed by atoms with Crippen LogP contribution >= 0.6 is 0 Å². The van der Waals surface area contributed by atoms with Crippen LogP contribution in [0.25, 0.3) is 27.6 Å². The van der Waals surface area contributed by atoms with E-state index in [1.165, 1.54) is 33.2 Å². The molecule has 0 N–H and O–H groups in total. The Hall–Kier alpha value is -6.42. The Bertz CT molecular complexity index is 3280. The van der Waals surface area contributed by atoms with Crippen molar-refractivity contribution in [2.75, 3.05) is 14.7 Å². The van der Waals surface area contributed by atoms with Gasteiger partial charge < -0.3 is 19.3 Å². The molecule has 7 aromatic carbocycles. The molecule has 0 bridgehead atoms. The van der Waals surface area contributed by atoms with Crippen LogP contribution in [0.15, 0.2) is 170 Å². The van der Waals surface area contributed by atoms with Crippen LogP contribution in [0.2, 0.25) is 0 Å². The molecule has 0 atom stereocenters. The predicted molar refractivity (Wildman–Crippen MR) is 287 cm³/mol. The van der Waals surface area contributed by atoms with E-state index in [1.807, 2.05) is 6.20 Å². The van der Waals surface area contributed by atoms with Gasteiger partial charge in [-0.25, -0.2) is 4.98 Å². The molecule has 69 heavy (non-hydrogen) atoms. The van der Waals surface area contributed by atoms with Crippen molar-refractivity contribution >= 4 is 61.6 Å². The zero-order valence-corrected chi connectivity index (χ0v) is 44.1. The number of hydrogen-bond donors (Lipinski definition) is 0. The molecule has 0 amide bonds. The van der Waals surface area contributed by atoms with Gasteiger partial charge in [0.15, 0.2) is 0 Å². The molecule has 5 nitrogen and oxygen atoms in total. The zero-order valence-electron chi connectivity index (χ0n) is 41.8. The summed E-state index contributed by atoms with van der Waals surface area (Å²) in [4.78, 5) is 12.0. The molecule has 9 aromatic rings. The van der Waals surface area contributed by atoms with Gasteiger partial charge in [-0.3, -0.25) is 0 Å². The molecule has 0 fully saturated rings. The normalized spacial score (nSPS) is 13.2. The molecule has 0 unspecified atom stereocenters. The maximum absolute atomic E-state index is 5.10. The molecule has 0 saturated heterocycles. The number of rotatable bonds is 8. The maximum atomic E-state index is 5.10. The van der Waals surface area contributed by atoms with E-state index in [0.29, 0.717) is 0 Å². The minimum absolute atomic E-state index is 0. The van der Waals surface area contributed by atoms with Crippen LogP contribution in [0.3, 0.4) is 0 Å². The molecule has 0 aliphatic carbocycles. The van der Waals surface area contributed by atoms with Crippen molar-refractivity contribution in [3.05, 3.63) is 217 Å². The van der Waals surface area contributed by atoms with E-state index in [0.717, 1.165) is 62.0 Å². The van der Waals surface area contributed by atoms with Gasteiger partial charge in [-0.1, -0.05) is 172 Å². The molecular weight excluding hydrogens is 1020 g/mol. The standard InChI is InChI=1S/C63H62N5.Pt/c1-60(2,3)44-29-32-55-54(38-44)53-31-30-51(41-58(53)68(55)59-39-45(33-34-64-59)63(10,11)43-21-14-12-15-22-43)67(48-23-16-13-17-24-48)50-26-20-25-49(40-50)65-42-66(57-28-19-18-27-56(57)65)52-36-46(61(4,5)6)35-47(37-52)62(7,8)9;/h12-39,42H,1-11H3;/q-3;. The molecule has 3 heterocycles. The number of aromatic nitrogens is 2. The molecule has 1 aliphatic heterocycles. The largest absolute Gasteiger partial charge is 0.493 e. The number of para-hydroxylation sites is 3. The fourth-order valence-corrected chi connectivity index (χ4v) is 9.54. The minimum atomic E-state index is -0.243. The zero-order chi connectivity index (χ0) is 47.8. The summed E-state index contributed by atoms with van der Waals surface area (Å²) in [7, 11) is 0. The summed E-state index contributed by atoms with van der Waals surface area (Å²) < 4.78 is 2.30. The monoisotopic (exact) mass is 1080 g/mol. The van der Waals surface area contributed by atoms with E-state index in [2.05, 4.69) is 278 Å². The van der Waals surface area contributed by atoms with Crippen LogP contribution in [0.4, 0.5) is 39.8 Å². The number of hydrogen-bond acceptors (Lipinski definition) is 4. The van der Waals surface area contributed by atoms with E-state index >= 15 is 0 Å². The third-order valence-corrected chi connectivity index (χ3v) is 13.8. The topological polar surface area (TPSA) is 27.5 Å². The van der Waals surface area contributed by atoms with E-state index < -0.39 is 0 Å². The first-order valence-corrected chi connectivity index (χ1v) is 24.0. The minimum Gasteiger partial charge on any atom is -0.493 e. The van der Waals surface area contributed by atoms with Gasteiger partial charge in [-0.05, 0) is 104 Å². The van der Waals surface area contributed by atoms with Gasteiger partial charge in [0.1, 0.15) is 5.82 Å². The molecule has 10 rings (SSSR count). The Morgan fingerprint density at radius 1 is 0.478 bits per heavy atom. The Morgan fingerprint density at radius 3 is 1.74 bits per heavy atom. The number of anilines is 7. The van der Waals surface area contributed by atoms with Crippen molar-refractivity contribution in [3.63, 3.8) is 0 Å². The van der Waals surface area contributed by atoms with E-state index in [9.17, 15) is 0 Å². The van der Waals surface area contributed by atoms with Crippen LogP contribution in [0, 0.1) is 18.8 Å². The second-order valence-electron chi connectivity index (χ2n) is 22.0. The van der Waals surface area contributed by atoms with Gasteiger partial charge in [-0.15, -0.1) is 48.1 Å². The third kappa shape index (κ3) is 8.92. The summed E-state index contributed by atoms with van der Waals surface area (Å²) in [6, 6.07) is 67.2. The van der Waals surface area contributed by atoms with Crippen molar-refractivity contribution in [1.29, 1.82) is 0 Å². The van der Waals surface area contributed by atoms with Crippen molar-refractivity contribution in [1.82, 2.24) is 9.55 Å². The van der Waals surface area contributed by atoms with Gasteiger partial charge in [0.25, 0.3) is 0 Å². The third-order valence-electron chi connectivity index (χ3n) is 13.8. The fourth-order valence-electron chi connectivity index (χ4n) is 9.54. The first kappa shape index (κ1) is 47.6. The average molecular weight is 1080 g/mol. The van der Waals surface area contributed by atoms with E-state index in [1.54, 1.807) is 0 Å². The number of fused-ring (bicyclic) bond motifs is 4. The van der Waals surface area contributed by atoms with Gasteiger partial charge >= 0.3 is 0 Å². The van der Waals surface area contributed by atoms with E-state index in [-0.39, 0.29) is 42.7 Å². The maximum Gasteiger partial charge on any atom is 0.135 e. The average Bonchev–Trinajstić information content (AvgIpc) is 3.87. The summed E-state index contributed by atoms with van der Waals surface area (Å²) in [5, 5.41) is 2.31. The number of nitrogens with zero attached hydrogens (tertiary/aromatic N) is 5. The van der Waals surface area contributed by atoms with Crippen LogP contribution in [-0.2, 0) is 42.7 Å². The smallest absolute Gasteiger partial charge is 0.135 e. The Labute approximate surface area is 424 Å². The van der Waals surface area contributed by atoms with Gasteiger partial charge in [0.2, 0.25) is 0 Å². The molecule has 352 valence electrons. The second kappa shape index (κ2) is 17.8. The Kier molecular flexibility index (Phi) is 12.3. The summed E-state index contributed by atoms with van der Waals surface area (Å²) in [6.07, 6.45) is 1.95. The van der Waals surface area contributed by atoms with Crippen LogP contribution < -0.4 is 14.7 Å². The molecule has 1 aliphatic rings.